The molecule has 0 aliphatic rings. The number of rotatable bonds is 6. The molecule has 3 rings (SSSR count). The Balaban J connectivity index is 1.56. The number of ether oxygens (including phenoxy) is 2. The van der Waals surface area contributed by atoms with Crippen molar-refractivity contribution in [1.29, 1.82) is 0 Å². The van der Waals surface area contributed by atoms with Crippen LogP contribution in [0, 0.1) is 0 Å². The van der Waals surface area contributed by atoms with Gasteiger partial charge in [0.25, 0.3) is 0 Å². The molecule has 0 heterocycles. The van der Waals surface area contributed by atoms with Gasteiger partial charge < -0.3 is 9.47 Å². The highest BCUT2D eigenvalue weighted by Crippen LogP contribution is 2.23. The van der Waals surface area contributed by atoms with Gasteiger partial charge in [-0.3, -0.25) is 4.79 Å². The van der Waals surface area contributed by atoms with Crippen LogP contribution < -0.4 is 9.47 Å². The maximum Gasteiger partial charge on any atom is 0.200 e. The van der Waals surface area contributed by atoms with E-state index in [1.165, 1.54) is 0 Å². The minimum atomic E-state index is -0.101. The van der Waals surface area contributed by atoms with Crippen molar-refractivity contribution < 1.29 is 14.3 Å². The number of benzene rings is 3. The topological polar surface area (TPSA) is 35.5 Å². The molecule has 24 heavy (non-hydrogen) atoms. The quantitative estimate of drug-likeness (QED) is 0.565. The molecule has 0 fully saturated rings. The van der Waals surface area contributed by atoms with Gasteiger partial charge in [0, 0.05) is 10.6 Å². The smallest absolute Gasteiger partial charge is 0.200 e. The van der Waals surface area contributed by atoms with Gasteiger partial charge in [0.1, 0.15) is 17.2 Å². The number of hydrogen-bond donors (Lipinski definition) is 0. The van der Waals surface area contributed by atoms with Gasteiger partial charge in [0.15, 0.2) is 12.4 Å². The normalized spacial score (nSPS) is 10.2. The summed E-state index contributed by atoms with van der Waals surface area (Å²) in [4.78, 5) is 12.0. The van der Waals surface area contributed by atoms with Crippen molar-refractivity contribution in [3.05, 3.63) is 89.4 Å². The number of Topliss-reactive ketones (excluding diaryl/α,β-unsaturated/α-hetero) is 1. The van der Waals surface area contributed by atoms with Crippen molar-refractivity contribution in [3.63, 3.8) is 0 Å². The van der Waals surface area contributed by atoms with Crippen LogP contribution in [0.4, 0.5) is 0 Å². The summed E-state index contributed by atoms with van der Waals surface area (Å²) in [7, 11) is 0. The molecule has 4 heteroatoms. The van der Waals surface area contributed by atoms with Crippen LogP contribution >= 0.6 is 11.6 Å². The summed E-state index contributed by atoms with van der Waals surface area (Å²) in [5.74, 6) is 1.98. The molecule has 0 saturated heterocycles. The Kier molecular flexibility index (Phi) is 5.14. The lowest BCUT2D eigenvalue weighted by molar-refractivity contribution is 0.0921. The van der Waals surface area contributed by atoms with Gasteiger partial charge in [-0.1, -0.05) is 29.8 Å². The molecule has 0 bridgehead atoms. The zero-order valence-corrected chi connectivity index (χ0v) is 13.6. The number of carbonyl (C=O) groups excluding carboxylic acids is 1. The number of ketones is 1. The van der Waals surface area contributed by atoms with Gasteiger partial charge in [-0.25, -0.2) is 0 Å². The van der Waals surface area contributed by atoms with Crippen LogP contribution in [0.5, 0.6) is 17.2 Å². The zero-order chi connectivity index (χ0) is 16.8. The SMILES string of the molecule is O=C(COc1ccc(Oc2ccccc2)cc1)c1ccc(Cl)cc1. The first kappa shape index (κ1) is 16.1. The molecule has 0 atom stereocenters. The molecule has 3 aromatic rings. The first-order chi connectivity index (χ1) is 11.7. The van der Waals surface area contributed by atoms with Gasteiger partial charge >= 0.3 is 0 Å². The summed E-state index contributed by atoms with van der Waals surface area (Å²) < 4.78 is 11.2. The highest BCUT2D eigenvalue weighted by Gasteiger charge is 2.07. The molecule has 0 N–H and O–H groups in total. The lowest BCUT2D eigenvalue weighted by atomic mass is 10.1. The second-order valence-corrected chi connectivity index (χ2v) is 5.54. The van der Waals surface area contributed by atoms with Crippen molar-refractivity contribution in [3.8, 4) is 17.2 Å². The number of carbonyl (C=O) groups is 1. The maximum atomic E-state index is 12.0. The van der Waals surface area contributed by atoms with Crippen molar-refractivity contribution in [1.82, 2.24) is 0 Å². The lowest BCUT2D eigenvalue weighted by Crippen LogP contribution is -2.11. The summed E-state index contributed by atoms with van der Waals surface area (Å²) in [6, 6.07) is 23.4. The van der Waals surface area contributed by atoms with Crippen LogP contribution in [-0.4, -0.2) is 12.4 Å². The Morgan fingerprint density at radius 2 is 1.33 bits per heavy atom. The molecule has 0 unspecified atom stereocenters. The van der Waals surface area contributed by atoms with Crippen molar-refractivity contribution in [2.45, 2.75) is 0 Å². The van der Waals surface area contributed by atoms with Gasteiger partial charge in [0.2, 0.25) is 0 Å². The number of para-hydroxylation sites is 1. The highest BCUT2D eigenvalue weighted by molar-refractivity contribution is 6.30. The first-order valence-corrected chi connectivity index (χ1v) is 7.83. The molecule has 0 amide bonds. The molecule has 0 aromatic heterocycles. The molecular formula is C20H15ClO3. The number of halogens is 1. The largest absolute Gasteiger partial charge is 0.485 e. The Labute approximate surface area is 145 Å². The first-order valence-electron chi connectivity index (χ1n) is 7.45. The van der Waals surface area contributed by atoms with Crippen LogP contribution in [0.15, 0.2) is 78.9 Å². The summed E-state index contributed by atoms with van der Waals surface area (Å²) in [6.45, 7) is -0.0273. The van der Waals surface area contributed by atoms with Crippen molar-refractivity contribution in [2.24, 2.45) is 0 Å². The van der Waals surface area contributed by atoms with Crippen LogP contribution in [0.2, 0.25) is 5.02 Å². The van der Waals surface area contributed by atoms with E-state index in [1.807, 2.05) is 30.3 Å². The molecule has 120 valence electrons. The molecule has 0 aliphatic heterocycles. The van der Waals surface area contributed by atoms with E-state index in [0.717, 1.165) is 5.75 Å². The average Bonchev–Trinajstić information content (AvgIpc) is 2.62. The fourth-order valence-corrected chi connectivity index (χ4v) is 2.22. The Morgan fingerprint density at radius 3 is 2.00 bits per heavy atom. The third-order valence-corrected chi connectivity index (χ3v) is 3.59. The predicted octanol–water partition coefficient (Wildman–Crippen LogP) is 5.39. The average molecular weight is 339 g/mol. The molecule has 3 nitrogen and oxygen atoms in total. The summed E-state index contributed by atoms with van der Waals surface area (Å²) in [6.07, 6.45) is 0. The van der Waals surface area contributed by atoms with E-state index in [-0.39, 0.29) is 12.4 Å². The monoisotopic (exact) mass is 338 g/mol. The fourth-order valence-electron chi connectivity index (χ4n) is 2.10. The third kappa shape index (κ3) is 4.37. The van der Waals surface area contributed by atoms with E-state index in [9.17, 15) is 4.79 Å². The minimum absolute atomic E-state index is 0.0273. The van der Waals surface area contributed by atoms with Gasteiger partial charge in [-0.15, -0.1) is 0 Å². The maximum absolute atomic E-state index is 12.0. The standard InChI is InChI=1S/C20H15ClO3/c21-16-8-6-15(7-9-16)20(22)14-23-17-10-12-19(13-11-17)24-18-4-2-1-3-5-18/h1-13H,14H2. The summed E-state index contributed by atoms with van der Waals surface area (Å²) in [5, 5.41) is 0.599. The van der Waals surface area contributed by atoms with E-state index in [1.54, 1.807) is 48.5 Å². The van der Waals surface area contributed by atoms with Crippen LogP contribution in [-0.2, 0) is 0 Å². The van der Waals surface area contributed by atoms with Gasteiger partial charge in [-0.2, -0.15) is 0 Å². The second kappa shape index (κ2) is 7.66. The second-order valence-electron chi connectivity index (χ2n) is 5.11. The molecule has 0 saturated carbocycles. The van der Waals surface area contributed by atoms with Gasteiger partial charge in [-0.05, 0) is 60.7 Å². The molecule has 0 aliphatic carbocycles. The fraction of sp³-hybridized carbons (Fsp3) is 0.0500. The van der Waals surface area contributed by atoms with Crippen LogP contribution in [0.3, 0.4) is 0 Å². The number of hydrogen-bond acceptors (Lipinski definition) is 3. The van der Waals surface area contributed by atoms with E-state index in [4.69, 9.17) is 21.1 Å². The van der Waals surface area contributed by atoms with Gasteiger partial charge in [0.05, 0.1) is 0 Å². The minimum Gasteiger partial charge on any atom is -0.485 e. The van der Waals surface area contributed by atoms with Crippen molar-refractivity contribution in [2.75, 3.05) is 6.61 Å². The summed E-state index contributed by atoms with van der Waals surface area (Å²) in [5.41, 5.74) is 0.573. The Hall–Kier alpha value is -2.78. The van der Waals surface area contributed by atoms with E-state index >= 15 is 0 Å². The van der Waals surface area contributed by atoms with Crippen LogP contribution in [0.25, 0.3) is 0 Å². The van der Waals surface area contributed by atoms with Crippen LogP contribution in [0.1, 0.15) is 10.4 Å². The van der Waals surface area contributed by atoms with Crippen molar-refractivity contribution >= 4 is 17.4 Å². The third-order valence-electron chi connectivity index (χ3n) is 3.34. The highest BCUT2D eigenvalue weighted by atomic mass is 35.5. The Morgan fingerprint density at radius 1 is 0.750 bits per heavy atom. The molecule has 0 spiro atoms. The Bertz CT molecular complexity index is 797. The lowest BCUT2D eigenvalue weighted by Gasteiger charge is -2.08. The van der Waals surface area contributed by atoms with E-state index < -0.39 is 0 Å². The molecule has 0 radical (unpaired) electrons. The van der Waals surface area contributed by atoms with E-state index in [0.29, 0.717) is 22.1 Å². The molecular weight excluding hydrogens is 324 g/mol. The zero-order valence-electron chi connectivity index (χ0n) is 12.8. The van der Waals surface area contributed by atoms with E-state index in [2.05, 4.69) is 0 Å². The summed E-state index contributed by atoms with van der Waals surface area (Å²) >= 11 is 5.81. The predicted molar refractivity (Wildman–Crippen MR) is 94.2 cm³/mol. The molecule has 3 aromatic carbocycles.